The lowest BCUT2D eigenvalue weighted by molar-refractivity contribution is 0.0954. The molecule has 1 aliphatic heterocycles. The average molecular weight is 397 g/mol. The fraction of sp³-hybridized carbons (Fsp3) is 0.381. The maximum absolute atomic E-state index is 12.9. The second kappa shape index (κ2) is 7.75. The molecule has 0 unspecified atom stereocenters. The number of hydrogen-bond acceptors (Lipinski definition) is 6. The molecule has 146 valence electrons. The number of methoxy groups -OCH3 is 1. The lowest BCUT2D eigenvalue weighted by Crippen LogP contribution is -2.22. The van der Waals surface area contributed by atoms with Crippen LogP contribution >= 0.6 is 11.3 Å². The van der Waals surface area contributed by atoms with Gasteiger partial charge in [0, 0.05) is 19.6 Å². The van der Waals surface area contributed by atoms with Crippen molar-refractivity contribution in [1.29, 1.82) is 0 Å². The third-order valence-corrected chi connectivity index (χ3v) is 6.29. The van der Waals surface area contributed by atoms with E-state index in [0.29, 0.717) is 11.4 Å². The van der Waals surface area contributed by atoms with E-state index in [1.54, 1.807) is 7.11 Å². The molecule has 2 aromatic heterocycles. The summed E-state index contributed by atoms with van der Waals surface area (Å²) in [6, 6.07) is 7.70. The van der Waals surface area contributed by atoms with E-state index in [0.717, 1.165) is 51.8 Å². The van der Waals surface area contributed by atoms with Crippen LogP contribution in [0.2, 0.25) is 0 Å². The molecule has 3 heterocycles. The van der Waals surface area contributed by atoms with Gasteiger partial charge >= 0.3 is 0 Å². The fourth-order valence-electron chi connectivity index (χ4n) is 3.60. The zero-order valence-electron chi connectivity index (χ0n) is 16.4. The summed E-state index contributed by atoms with van der Waals surface area (Å²) in [5.74, 6) is 2.46. The highest BCUT2D eigenvalue weighted by Gasteiger charge is 2.24. The number of anilines is 1. The van der Waals surface area contributed by atoms with E-state index >= 15 is 0 Å². The molecule has 1 saturated heterocycles. The van der Waals surface area contributed by atoms with Crippen LogP contribution in [0, 0.1) is 13.8 Å². The normalized spacial score (nSPS) is 13.9. The van der Waals surface area contributed by atoms with Crippen LogP contribution in [0.15, 0.2) is 24.3 Å². The maximum atomic E-state index is 12.9. The van der Waals surface area contributed by atoms with Gasteiger partial charge in [-0.1, -0.05) is 12.1 Å². The van der Waals surface area contributed by atoms with Crippen molar-refractivity contribution in [3.05, 3.63) is 46.1 Å². The fourth-order valence-corrected chi connectivity index (χ4v) is 4.74. The predicted octanol–water partition coefficient (Wildman–Crippen LogP) is 3.85. The third kappa shape index (κ3) is 3.54. The number of carbonyl (C=O) groups is 1. The first-order chi connectivity index (χ1) is 13.6. The van der Waals surface area contributed by atoms with Crippen LogP contribution in [0.1, 0.15) is 39.5 Å². The van der Waals surface area contributed by atoms with Crippen molar-refractivity contribution < 1.29 is 9.53 Å². The SMILES string of the molecule is COc1ccc(CNC(=O)c2sc3nc(C)nc(N4CCCC4)c3c2C)cc1. The molecule has 0 atom stereocenters. The summed E-state index contributed by atoms with van der Waals surface area (Å²) in [7, 11) is 1.64. The molecule has 28 heavy (non-hydrogen) atoms. The van der Waals surface area contributed by atoms with Crippen molar-refractivity contribution in [2.45, 2.75) is 33.2 Å². The number of amides is 1. The smallest absolute Gasteiger partial charge is 0.261 e. The molecule has 1 amide bonds. The van der Waals surface area contributed by atoms with Crippen molar-refractivity contribution >= 4 is 33.3 Å². The average Bonchev–Trinajstić information content (AvgIpc) is 3.34. The Labute approximate surface area is 168 Å². The van der Waals surface area contributed by atoms with Gasteiger partial charge in [0.1, 0.15) is 22.2 Å². The lowest BCUT2D eigenvalue weighted by atomic mass is 10.1. The predicted molar refractivity (Wildman–Crippen MR) is 113 cm³/mol. The number of aryl methyl sites for hydroxylation is 2. The zero-order valence-corrected chi connectivity index (χ0v) is 17.2. The molecule has 7 heteroatoms. The van der Waals surface area contributed by atoms with Crippen LogP contribution in [0.3, 0.4) is 0 Å². The Morgan fingerprint density at radius 3 is 2.57 bits per heavy atom. The molecule has 1 N–H and O–H groups in total. The number of hydrogen-bond donors (Lipinski definition) is 1. The first-order valence-corrected chi connectivity index (χ1v) is 10.3. The Kier molecular flexibility index (Phi) is 5.17. The van der Waals surface area contributed by atoms with E-state index in [2.05, 4.69) is 15.2 Å². The quantitative estimate of drug-likeness (QED) is 0.710. The van der Waals surface area contributed by atoms with Crippen LogP contribution in [0.25, 0.3) is 10.2 Å². The van der Waals surface area contributed by atoms with Gasteiger partial charge in [0.25, 0.3) is 5.91 Å². The number of nitrogens with zero attached hydrogens (tertiary/aromatic N) is 3. The van der Waals surface area contributed by atoms with Gasteiger partial charge in [0.2, 0.25) is 0 Å². The molecule has 4 rings (SSSR count). The second-order valence-electron chi connectivity index (χ2n) is 7.06. The number of ether oxygens (including phenoxy) is 1. The summed E-state index contributed by atoms with van der Waals surface area (Å²) >= 11 is 1.45. The van der Waals surface area contributed by atoms with Gasteiger partial charge in [-0.25, -0.2) is 9.97 Å². The van der Waals surface area contributed by atoms with E-state index < -0.39 is 0 Å². The summed E-state index contributed by atoms with van der Waals surface area (Å²) in [6.07, 6.45) is 2.37. The van der Waals surface area contributed by atoms with Gasteiger partial charge in [-0.05, 0) is 49.9 Å². The molecular weight excluding hydrogens is 372 g/mol. The third-order valence-electron chi connectivity index (χ3n) is 5.11. The van der Waals surface area contributed by atoms with Crippen LogP contribution in [0.4, 0.5) is 5.82 Å². The Morgan fingerprint density at radius 2 is 1.89 bits per heavy atom. The molecule has 0 aliphatic carbocycles. The molecule has 1 aromatic carbocycles. The summed E-state index contributed by atoms with van der Waals surface area (Å²) in [6.45, 7) is 6.41. The van der Waals surface area contributed by atoms with E-state index in [4.69, 9.17) is 9.72 Å². The van der Waals surface area contributed by atoms with Crippen molar-refractivity contribution in [2.75, 3.05) is 25.1 Å². The summed E-state index contributed by atoms with van der Waals surface area (Å²) < 4.78 is 5.17. The van der Waals surface area contributed by atoms with Crippen molar-refractivity contribution in [2.24, 2.45) is 0 Å². The molecule has 0 bridgehead atoms. The Bertz CT molecular complexity index is 1010. The van der Waals surface area contributed by atoms with Gasteiger partial charge in [0.05, 0.1) is 17.4 Å². The van der Waals surface area contributed by atoms with E-state index in [1.165, 1.54) is 24.2 Å². The number of benzene rings is 1. The first kappa shape index (κ1) is 18.7. The van der Waals surface area contributed by atoms with Gasteiger partial charge in [-0.3, -0.25) is 4.79 Å². The minimum Gasteiger partial charge on any atom is -0.497 e. The zero-order chi connectivity index (χ0) is 19.7. The monoisotopic (exact) mass is 396 g/mol. The van der Waals surface area contributed by atoms with Crippen molar-refractivity contribution in [3.63, 3.8) is 0 Å². The molecule has 3 aromatic rings. The summed E-state index contributed by atoms with van der Waals surface area (Å²) in [4.78, 5) is 26.1. The number of carbonyl (C=O) groups excluding carboxylic acids is 1. The van der Waals surface area contributed by atoms with E-state index in [1.807, 2.05) is 38.1 Å². The lowest BCUT2D eigenvalue weighted by Gasteiger charge is -2.18. The molecule has 1 aliphatic rings. The van der Waals surface area contributed by atoms with Gasteiger partial charge in [-0.2, -0.15) is 0 Å². The highest BCUT2D eigenvalue weighted by molar-refractivity contribution is 7.20. The van der Waals surface area contributed by atoms with E-state index in [9.17, 15) is 4.79 Å². The van der Waals surface area contributed by atoms with Crippen molar-refractivity contribution in [3.8, 4) is 5.75 Å². The first-order valence-electron chi connectivity index (χ1n) is 9.50. The molecule has 0 radical (unpaired) electrons. The minimum atomic E-state index is -0.0682. The van der Waals surface area contributed by atoms with Crippen LogP contribution in [-0.4, -0.2) is 36.1 Å². The Morgan fingerprint density at radius 1 is 1.18 bits per heavy atom. The number of thiophene rings is 1. The molecular formula is C21H24N4O2S. The molecule has 6 nitrogen and oxygen atoms in total. The molecule has 0 spiro atoms. The number of rotatable bonds is 5. The van der Waals surface area contributed by atoms with Crippen LogP contribution in [-0.2, 0) is 6.54 Å². The van der Waals surface area contributed by atoms with Crippen LogP contribution < -0.4 is 15.0 Å². The summed E-state index contributed by atoms with van der Waals surface area (Å²) in [5, 5.41) is 4.05. The highest BCUT2D eigenvalue weighted by Crippen LogP contribution is 2.36. The second-order valence-corrected chi connectivity index (χ2v) is 8.05. The number of fused-ring (bicyclic) bond motifs is 1. The number of nitrogens with one attached hydrogen (secondary N) is 1. The van der Waals surface area contributed by atoms with E-state index in [-0.39, 0.29) is 5.91 Å². The molecule has 0 saturated carbocycles. The minimum absolute atomic E-state index is 0.0682. The topological polar surface area (TPSA) is 67.3 Å². The largest absolute Gasteiger partial charge is 0.497 e. The molecule has 1 fully saturated rings. The van der Waals surface area contributed by atoms with Gasteiger partial charge in [0.15, 0.2) is 0 Å². The van der Waals surface area contributed by atoms with Crippen molar-refractivity contribution in [1.82, 2.24) is 15.3 Å². The van der Waals surface area contributed by atoms with Crippen LogP contribution in [0.5, 0.6) is 5.75 Å². The Hall–Kier alpha value is -2.67. The Balaban J connectivity index is 1.60. The highest BCUT2D eigenvalue weighted by atomic mass is 32.1. The number of aromatic nitrogens is 2. The standard InChI is InChI=1S/C21H24N4O2S/c1-13-17-19(25-10-4-5-11-25)23-14(2)24-21(17)28-18(13)20(26)22-12-15-6-8-16(27-3)9-7-15/h6-9H,4-5,10-12H2,1-3H3,(H,22,26). The maximum Gasteiger partial charge on any atom is 0.261 e. The summed E-state index contributed by atoms with van der Waals surface area (Å²) in [5.41, 5.74) is 2.00. The van der Waals surface area contributed by atoms with Gasteiger partial charge in [-0.15, -0.1) is 11.3 Å². The van der Waals surface area contributed by atoms with Gasteiger partial charge < -0.3 is 15.0 Å².